The molecule has 0 atom stereocenters. The molecule has 0 aliphatic carbocycles. The van der Waals surface area contributed by atoms with Gasteiger partial charge in [-0.05, 0) is 35.7 Å². The third-order valence-corrected chi connectivity index (χ3v) is 6.30. The number of rotatable bonds is 5. The fourth-order valence-electron chi connectivity index (χ4n) is 4.46. The molecule has 7 nitrogen and oxygen atoms in total. The zero-order valence-electron chi connectivity index (χ0n) is 19.3. The van der Waals surface area contributed by atoms with Gasteiger partial charge in [0.05, 0.1) is 0 Å². The molecule has 0 saturated carbocycles. The second kappa shape index (κ2) is 9.85. The molecule has 35 heavy (non-hydrogen) atoms. The number of hydrogen-bond donors (Lipinski definition) is 1. The van der Waals surface area contributed by atoms with Crippen LogP contribution in [0.2, 0.25) is 0 Å². The molecule has 176 valence electrons. The number of nitrogens with one attached hydrogen (secondary N) is 1. The van der Waals surface area contributed by atoms with E-state index in [2.05, 4.69) is 5.32 Å². The molecule has 2 heterocycles. The molecule has 0 bridgehead atoms. The van der Waals surface area contributed by atoms with E-state index < -0.39 is 0 Å². The number of nitrogens with zero attached hydrogens (tertiary/aromatic N) is 3. The van der Waals surface area contributed by atoms with Crippen LogP contribution in [0.3, 0.4) is 0 Å². The highest BCUT2D eigenvalue weighted by Gasteiger charge is 2.27. The quantitative estimate of drug-likeness (QED) is 0.485. The van der Waals surface area contributed by atoms with Crippen molar-refractivity contribution in [3.05, 3.63) is 102 Å². The van der Waals surface area contributed by atoms with Gasteiger partial charge >= 0.3 is 0 Å². The number of carbonyl (C=O) groups excluding carboxylic acids is 3. The number of hydrogen-bond acceptors (Lipinski definition) is 3. The first-order valence-corrected chi connectivity index (χ1v) is 11.7. The highest BCUT2D eigenvalue weighted by atomic mass is 16.2. The lowest BCUT2D eigenvalue weighted by atomic mass is 10.1. The van der Waals surface area contributed by atoms with E-state index in [4.69, 9.17) is 0 Å². The summed E-state index contributed by atoms with van der Waals surface area (Å²) in [7, 11) is 0. The van der Waals surface area contributed by atoms with Crippen molar-refractivity contribution in [3.63, 3.8) is 0 Å². The van der Waals surface area contributed by atoms with Gasteiger partial charge in [-0.1, -0.05) is 54.6 Å². The summed E-state index contributed by atoms with van der Waals surface area (Å²) in [5.74, 6) is -0.365. The lowest BCUT2D eigenvalue weighted by molar-refractivity contribution is -0.116. The van der Waals surface area contributed by atoms with Crippen molar-refractivity contribution in [1.29, 1.82) is 0 Å². The van der Waals surface area contributed by atoms with Gasteiger partial charge in [0.2, 0.25) is 5.91 Å². The summed E-state index contributed by atoms with van der Waals surface area (Å²) < 4.78 is 1.67. The van der Waals surface area contributed by atoms with E-state index in [-0.39, 0.29) is 24.3 Å². The minimum atomic E-state index is -0.204. The minimum absolute atomic E-state index is 0.0221. The lowest BCUT2D eigenvalue weighted by Crippen LogP contribution is -2.51. The second-order valence-corrected chi connectivity index (χ2v) is 8.55. The molecule has 0 spiro atoms. The van der Waals surface area contributed by atoms with Crippen molar-refractivity contribution in [2.75, 3.05) is 31.5 Å². The first-order chi connectivity index (χ1) is 17.1. The first kappa shape index (κ1) is 22.4. The van der Waals surface area contributed by atoms with Crippen LogP contribution in [0.5, 0.6) is 0 Å². The number of anilines is 1. The van der Waals surface area contributed by atoms with Crippen LogP contribution in [0.15, 0.2) is 91.1 Å². The van der Waals surface area contributed by atoms with E-state index in [1.807, 2.05) is 60.7 Å². The largest absolute Gasteiger partial charge is 0.335 e. The average molecular weight is 467 g/mol. The Hall–Kier alpha value is -4.39. The molecule has 3 aromatic carbocycles. The maximum Gasteiger partial charge on any atom is 0.270 e. The first-order valence-electron chi connectivity index (χ1n) is 11.7. The van der Waals surface area contributed by atoms with Gasteiger partial charge in [0.25, 0.3) is 11.8 Å². The van der Waals surface area contributed by atoms with E-state index >= 15 is 0 Å². The Morgan fingerprint density at radius 2 is 1.34 bits per heavy atom. The van der Waals surface area contributed by atoms with Crippen molar-refractivity contribution >= 4 is 34.2 Å². The van der Waals surface area contributed by atoms with Gasteiger partial charge in [-0.15, -0.1) is 0 Å². The molecule has 1 aliphatic rings. The number of aromatic nitrogens is 1. The highest BCUT2D eigenvalue weighted by molar-refractivity contribution is 6.02. The number of fused-ring (bicyclic) bond motifs is 1. The standard InChI is InChI=1S/C28H26N4O3/c33-26(29-24-13-6-11-21-8-4-5-12-23(21)24)20-32-15-7-14-25(32)28(35)31-18-16-30(17-19-31)27(34)22-9-2-1-3-10-22/h1-15H,16-20H2,(H,29,33). The molecular weight excluding hydrogens is 440 g/mol. The monoisotopic (exact) mass is 466 g/mol. The summed E-state index contributed by atoms with van der Waals surface area (Å²) >= 11 is 0. The van der Waals surface area contributed by atoms with E-state index in [0.29, 0.717) is 37.4 Å². The summed E-state index contributed by atoms with van der Waals surface area (Å²) in [5, 5.41) is 4.99. The molecule has 1 aliphatic heterocycles. The molecular formula is C28H26N4O3. The summed E-state index contributed by atoms with van der Waals surface area (Å²) in [6, 6.07) is 26.3. The van der Waals surface area contributed by atoms with E-state index in [1.165, 1.54) is 0 Å². The van der Waals surface area contributed by atoms with Gasteiger partial charge < -0.3 is 19.7 Å². The van der Waals surface area contributed by atoms with Crippen molar-refractivity contribution in [1.82, 2.24) is 14.4 Å². The molecule has 1 saturated heterocycles. The number of piperazine rings is 1. The molecule has 1 aromatic heterocycles. The van der Waals surface area contributed by atoms with E-state index in [1.54, 1.807) is 44.8 Å². The predicted molar refractivity (Wildman–Crippen MR) is 135 cm³/mol. The van der Waals surface area contributed by atoms with Gasteiger partial charge in [-0.2, -0.15) is 0 Å². The molecule has 1 fully saturated rings. The maximum absolute atomic E-state index is 13.2. The van der Waals surface area contributed by atoms with Crippen LogP contribution in [0.4, 0.5) is 5.69 Å². The predicted octanol–water partition coefficient (Wildman–Crippen LogP) is 3.88. The molecule has 0 unspecified atom stereocenters. The topological polar surface area (TPSA) is 74.7 Å². The Morgan fingerprint density at radius 3 is 2.11 bits per heavy atom. The van der Waals surface area contributed by atoms with Crippen LogP contribution in [-0.4, -0.2) is 58.3 Å². The number of carbonyl (C=O) groups is 3. The minimum Gasteiger partial charge on any atom is -0.335 e. The van der Waals surface area contributed by atoms with Crippen molar-refractivity contribution in [2.24, 2.45) is 0 Å². The van der Waals surface area contributed by atoms with Gasteiger partial charge in [0.15, 0.2) is 0 Å². The van der Waals surface area contributed by atoms with E-state index in [9.17, 15) is 14.4 Å². The number of amides is 3. The number of benzene rings is 3. The Kier molecular flexibility index (Phi) is 6.30. The third-order valence-electron chi connectivity index (χ3n) is 6.30. The van der Waals surface area contributed by atoms with Crippen LogP contribution >= 0.6 is 0 Å². The SMILES string of the molecule is O=C(Cn1cccc1C(=O)N1CCN(C(=O)c2ccccc2)CC1)Nc1cccc2ccccc12. The van der Waals surface area contributed by atoms with Crippen LogP contribution in [0.1, 0.15) is 20.8 Å². The Bertz CT molecular complexity index is 1370. The Balaban J connectivity index is 1.22. The molecule has 0 radical (unpaired) electrons. The molecule has 7 heteroatoms. The van der Waals surface area contributed by atoms with Gasteiger partial charge in [-0.3, -0.25) is 14.4 Å². The Labute approximate surface area is 203 Å². The summed E-state index contributed by atoms with van der Waals surface area (Å²) in [6.45, 7) is 1.88. The molecule has 4 aromatic rings. The lowest BCUT2D eigenvalue weighted by Gasteiger charge is -2.35. The van der Waals surface area contributed by atoms with Crippen LogP contribution in [-0.2, 0) is 11.3 Å². The van der Waals surface area contributed by atoms with E-state index in [0.717, 1.165) is 16.5 Å². The second-order valence-electron chi connectivity index (χ2n) is 8.55. The fourth-order valence-corrected chi connectivity index (χ4v) is 4.46. The normalized spacial score (nSPS) is 13.6. The smallest absolute Gasteiger partial charge is 0.270 e. The molecule has 3 amide bonds. The average Bonchev–Trinajstić information content (AvgIpc) is 3.36. The third kappa shape index (κ3) is 4.80. The van der Waals surface area contributed by atoms with Crippen LogP contribution in [0.25, 0.3) is 10.8 Å². The molecule has 1 N–H and O–H groups in total. The van der Waals surface area contributed by atoms with Crippen LogP contribution in [0, 0.1) is 0 Å². The molecule has 5 rings (SSSR count). The van der Waals surface area contributed by atoms with Crippen molar-refractivity contribution in [2.45, 2.75) is 6.54 Å². The van der Waals surface area contributed by atoms with Crippen molar-refractivity contribution < 1.29 is 14.4 Å². The van der Waals surface area contributed by atoms with Gasteiger partial charge in [0.1, 0.15) is 12.2 Å². The van der Waals surface area contributed by atoms with Gasteiger partial charge in [-0.25, -0.2) is 0 Å². The van der Waals surface area contributed by atoms with Crippen molar-refractivity contribution in [3.8, 4) is 0 Å². The summed E-state index contributed by atoms with van der Waals surface area (Å²) in [5.41, 5.74) is 1.85. The highest BCUT2D eigenvalue weighted by Crippen LogP contribution is 2.23. The summed E-state index contributed by atoms with van der Waals surface area (Å²) in [4.78, 5) is 42.2. The Morgan fingerprint density at radius 1 is 0.686 bits per heavy atom. The van der Waals surface area contributed by atoms with Gasteiger partial charge in [0, 0.05) is 49.0 Å². The summed E-state index contributed by atoms with van der Waals surface area (Å²) in [6.07, 6.45) is 1.74. The van der Waals surface area contributed by atoms with Crippen LogP contribution < -0.4 is 5.32 Å². The zero-order valence-corrected chi connectivity index (χ0v) is 19.3. The maximum atomic E-state index is 13.2. The zero-order chi connectivity index (χ0) is 24.2. The fraction of sp³-hybridized carbons (Fsp3) is 0.179.